The van der Waals surface area contributed by atoms with E-state index in [2.05, 4.69) is 30.8 Å². The molecule has 3 aliphatic heterocycles. The number of quaternary nitrogens is 1. The van der Waals surface area contributed by atoms with Crippen molar-refractivity contribution in [3.63, 3.8) is 0 Å². The molecule has 0 saturated carbocycles. The van der Waals surface area contributed by atoms with E-state index in [1.54, 1.807) is 18.2 Å². The Balaban J connectivity index is 0.00000368. The Bertz CT molecular complexity index is 1470. The summed E-state index contributed by atoms with van der Waals surface area (Å²) >= 11 is 6.23. The standard InChI is InChI=1S/C33H36ClN3O5.HI/c1-37(2)28-17-23(18-29(37)32-31(28)42-32)41-33(40)36-26-13-11-20(15-24(26)22-8-4-3-5-9-22)7-6-10-30(39)35-27-14-12-21(19-38)16-25(27)34;/h3-5,8-9,11-16,23,28-29,31-32,38H,6-7,10,17-19H2,1-2H3,(H-,35,36,39,40);1H/t23-,28-,29+,31-,32+;. The van der Waals surface area contributed by atoms with Gasteiger partial charge in [0.1, 0.15) is 30.4 Å². The van der Waals surface area contributed by atoms with Crippen molar-refractivity contribution in [3.05, 3.63) is 82.9 Å². The third kappa shape index (κ3) is 6.86. The summed E-state index contributed by atoms with van der Waals surface area (Å²) in [5, 5.41) is 15.5. The largest absolute Gasteiger partial charge is 1.00 e. The number of epoxide rings is 1. The van der Waals surface area contributed by atoms with E-state index in [9.17, 15) is 14.7 Å². The van der Waals surface area contributed by atoms with Crippen LogP contribution < -0.4 is 34.6 Å². The molecule has 0 spiro atoms. The summed E-state index contributed by atoms with van der Waals surface area (Å²) in [4.78, 5) is 25.6. The van der Waals surface area contributed by atoms with Crippen molar-refractivity contribution in [2.24, 2.45) is 0 Å². The molecule has 0 radical (unpaired) electrons. The van der Waals surface area contributed by atoms with Crippen LogP contribution in [0.25, 0.3) is 11.1 Å². The quantitative estimate of drug-likeness (QED) is 0.180. The van der Waals surface area contributed by atoms with E-state index in [4.69, 9.17) is 21.1 Å². The molecule has 3 aromatic rings. The van der Waals surface area contributed by atoms with Gasteiger partial charge in [0.25, 0.3) is 0 Å². The van der Waals surface area contributed by atoms with Gasteiger partial charge in [-0.3, -0.25) is 10.1 Å². The summed E-state index contributed by atoms with van der Waals surface area (Å²) < 4.78 is 12.7. The van der Waals surface area contributed by atoms with Gasteiger partial charge in [0.15, 0.2) is 0 Å². The van der Waals surface area contributed by atoms with Crippen LogP contribution in [-0.4, -0.2) is 66.1 Å². The number of ether oxygens (including phenoxy) is 2. The minimum Gasteiger partial charge on any atom is -1.00 e. The van der Waals surface area contributed by atoms with E-state index in [-0.39, 0.29) is 42.6 Å². The Morgan fingerprint density at radius 2 is 1.63 bits per heavy atom. The van der Waals surface area contributed by atoms with Gasteiger partial charge in [-0.15, -0.1) is 0 Å². The normalized spacial score (nSPS) is 24.3. The summed E-state index contributed by atoms with van der Waals surface area (Å²) in [6, 6.07) is 21.7. The van der Waals surface area contributed by atoms with Crippen molar-refractivity contribution >= 4 is 35.0 Å². The molecule has 10 heteroatoms. The molecule has 2 bridgehead atoms. The SMILES string of the molecule is C[N+]1(C)[C@@H]2C[C@@H](OC(=O)Nc3ccc(CCCC(=O)Nc4ccc(CO)cc4Cl)cc3-c3ccccc3)C[C@H]1[C@@H]1O[C@@H]12.[I-]. The third-order valence-electron chi connectivity index (χ3n) is 9.08. The van der Waals surface area contributed by atoms with Gasteiger partial charge in [0, 0.05) is 24.8 Å². The first-order chi connectivity index (χ1) is 20.2. The predicted molar refractivity (Wildman–Crippen MR) is 162 cm³/mol. The second-order valence-corrected chi connectivity index (χ2v) is 12.5. The van der Waals surface area contributed by atoms with Crippen molar-refractivity contribution < 1.29 is 52.6 Å². The number of hydrogen-bond acceptors (Lipinski definition) is 5. The monoisotopic (exact) mass is 717 g/mol. The van der Waals surface area contributed by atoms with Crippen LogP contribution >= 0.6 is 11.6 Å². The van der Waals surface area contributed by atoms with Crippen molar-refractivity contribution in [3.8, 4) is 11.1 Å². The van der Waals surface area contributed by atoms with E-state index in [0.29, 0.717) is 65.5 Å². The summed E-state index contributed by atoms with van der Waals surface area (Å²) in [7, 11) is 4.52. The molecule has 3 saturated heterocycles. The van der Waals surface area contributed by atoms with Gasteiger partial charge in [0.2, 0.25) is 5.91 Å². The number of nitrogens with zero attached hydrogens (tertiary/aromatic N) is 1. The Labute approximate surface area is 274 Å². The lowest BCUT2D eigenvalue weighted by molar-refractivity contribution is -0.938. The fraction of sp³-hybridized carbons (Fsp3) is 0.394. The molecule has 2 amide bonds. The number of carbonyl (C=O) groups excluding carboxylic acids is 2. The molecule has 3 N–H and O–H groups in total. The molecule has 0 aliphatic carbocycles. The number of fused-ring (bicyclic) bond motifs is 5. The highest BCUT2D eigenvalue weighted by molar-refractivity contribution is 6.33. The highest BCUT2D eigenvalue weighted by Crippen LogP contribution is 2.51. The van der Waals surface area contributed by atoms with E-state index in [0.717, 1.165) is 34.0 Å². The molecule has 8 nitrogen and oxygen atoms in total. The van der Waals surface area contributed by atoms with Gasteiger partial charge in [-0.25, -0.2) is 4.79 Å². The topological polar surface area (TPSA) is 100 Å². The summed E-state index contributed by atoms with van der Waals surface area (Å²) in [5.41, 5.74) is 4.86. The first kappa shape index (κ1) is 31.7. The maximum atomic E-state index is 13.1. The number of amides is 2. The van der Waals surface area contributed by atoms with Crippen LogP contribution in [0.1, 0.15) is 36.8 Å². The lowest BCUT2D eigenvalue weighted by Crippen LogP contribution is -3.00. The number of anilines is 2. The van der Waals surface area contributed by atoms with Gasteiger partial charge < -0.3 is 48.4 Å². The lowest BCUT2D eigenvalue weighted by Gasteiger charge is -2.45. The molecule has 43 heavy (non-hydrogen) atoms. The first-order valence-corrected chi connectivity index (χ1v) is 14.9. The van der Waals surface area contributed by atoms with E-state index < -0.39 is 6.09 Å². The summed E-state index contributed by atoms with van der Waals surface area (Å²) in [6.07, 6.45) is 3.36. The molecular weight excluding hydrogens is 681 g/mol. The molecule has 0 unspecified atom stereocenters. The van der Waals surface area contributed by atoms with Gasteiger partial charge >= 0.3 is 6.09 Å². The molecule has 6 rings (SSSR count). The minimum atomic E-state index is -0.437. The molecule has 3 aromatic carbocycles. The zero-order valence-electron chi connectivity index (χ0n) is 24.3. The van der Waals surface area contributed by atoms with E-state index >= 15 is 0 Å². The highest BCUT2D eigenvalue weighted by atomic mass is 127. The summed E-state index contributed by atoms with van der Waals surface area (Å²) in [6.45, 7) is -0.107. The number of aryl methyl sites for hydroxylation is 1. The van der Waals surface area contributed by atoms with Crippen molar-refractivity contribution in [2.75, 3.05) is 24.7 Å². The lowest BCUT2D eigenvalue weighted by atomic mass is 9.96. The predicted octanol–water partition coefficient (Wildman–Crippen LogP) is 2.77. The average molecular weight is 718 g/mol. The summed E-state index contributed by atoms with van der Waals surface area (Å²) in [5.74, 6) is -0.125. The molecule has 3 heterocycles. The number of piperidine rings is 1. The maximum absolute atomic E-state index is 13.1. The van der Waals surface area contributed by atoms with Crippen LogP contribution in [-0.2, 0) is 27.3 Å². The second kappa shape index (κ2) is 13.1. The highest BCUT2D eigenvalue weighted by Gasteiger charge is 2.70. The van der Waals surface area contributed by atoms with Crippen LogP contribution in [0.3, 0.4) is 0 Å². The van der Waals surface area contributed by atoms with Gasteiger partial charge in [0.05, 0.1) is 37.1 Å². The zero-order valence-corrected chi connectivity index (χ0v) is 27.2. The van der Waals surface area contributed by atoms with Crippen LogP contribution in [0.2, 0.25) is 5.02 Å². The van der Waals surface area contributed by atoms with Crippen molar-refractivity contribution in [1.82, 2.24) is 0 Å². The molecule has 5 atom stereocenters. The zero-order chi connectivity index (χ0) is 29.4. The Morgan fingerprint density at radius 3 is 2.30 bits per heavy atom. The van der Waals surface area contributed by atoms with Crippen LogP contribution in [0.4, 0.5) is 16.2 Å². The third-order valence-corrected chi connectivity index (χ3v) is 9.39. The van der Waals surface area contributed by atoms with E-state index in [1.807, 2.05) is 42.5 Å². The Kier molecular flexibility index (Phi) is 9.67. The average Bonchev–Trinajstić information content (AvgIpc) is 3.74. The number of rotatable bonds is 9. The van der Waals surface area contributed by atoms with Crippen molar-refractivity contribution in [1.29, 1.82) is 0 Å². The first-order valence-electron chi connectivity index (χ1n) is 14.6. The molecule has 3 aliphatic rings. The minimum absolute atomic E-state index is 0. The number of nitrogens with one attached hydrogen (secondary N) is 2. The molecular formula is C33H37ClIN3O5. The number of aliphatic hydroxyl groups excluding tert-OH is 1. The number of likely N-dealkylation sites (N-methyl/N-ethyl adjacent to an activating group) is 1. The van der Waals surface area contributed by atoms with Crippen molar-refractivity contribution in [2.45, 2.75) is 69.1 Å². The van der Waals surface area contributed by atoms with Gasteiger partial charge in [-0.05, 0) is 53.8 Å². The molecule has 3 fully saturated rings. The number of hydrogen-bond donors (Lipinski definition) is 3. The second-order valence-electron chi connectivity index (χ2n) is 12.1. The Hall–Kier alpha value is -2.70. The number of aliphatic hydroxyl groups is 1. The van der Waals surface area contributed by atoms with Crippen LogP contribution in [0.5, 0.6) is 0 Å². The van der Waals surface area contributed by atoms with E-state index in [1.165, 1.54) is 0 Å². The number of benzene rings is 3. The van der Waals surface area contributed by atoms with Gasteiger partial charge in [-0.1, -0.05) is 54.1 Å². The number of morpholine rings is 1. The smallest absolute Gasteiger partial charge is 0.411 e. The maximum Gasteiger partial charge on any atom is 0.411 e. The van der Waals surface area contributed by atoms with Gasteiger partial charge in [-0.2, -0.15) is 0 Å². The fourth-order valence-corrected chi connectivity index (χ4v) is 6.98. The van der Waals surface area contributed by atoms with Crippen LogP contribution in [0.15, 0.2) is 66.7 Å². The molecule has 228 valence electrons. The molecule has 0 aromatic heterocycles. The number of carbonyl (C=O) groups is 2. The Morgan fingerprint density at radius 1 is 0.953 bits per heavy atom. The van der Waals surface area contributed by atoms with Crippen LogP contribution in [0, 0.1) is 0 Å². The number of halogens is 2. The fourth-order valence-electron chi connectivity index (χ4n) is 6.73.